The second kappa shape index (κ2) is 6.78. The van der Waals surface area contributed by atoms with E-state index in [1.54, 1.807) is 0 Å². The van der Waals surface area contributed by atoms with Crippen molar-refractivity contribution in [1.29, 1.82) is 0 Å². The lowest BCUT2D eigenvalue weighted by Crippen LogP contribution is -2.70. The van der Waals surface area contributed by atoms with Gasteiger partial charge in [-0.15, -0.1) is 0 Å². The fourth-order valence-electron chi connectivity index (χ4n) is 7.53. The molecular weight excluding hydrogens is 364 g/mol. The fraction of sp³-hybridized carbons (Fsp3) is 0.750. The number of carbonyl (C=O) groups is 1. The molecule has 1 amide bonds. The molecule has 1 atom stereocenters. The third kappa shape index (κ3) is 3.21. The number of hydrogen-bond acceptors (Lipinski definition) is 4. The second-order valence-electron chi connectivity index (χ2n) is 10.6. The summed E-state index contributed by atoms with van der Waals surface area (Å²) in [6.45, 7) is 2.80. The molecule has 156 valence electrons. The van der Waals surface area contributed by atoms with Crippen molar-refractivity contribution < 1.29 is 14.3 Å². The highest BCUT2D eigenvalue weighted by Gasteiger charge is 2.59. The number of ether oxygens (including phenoxy) is 2. The first kappa shape index (κ1) is 18.3. The van der Waals surface area contributed by atoms with Crippen molar-refractivity contribution in [3.8, 4) is 0 Å². The van der Waals surface area contributed by atoms with Gasteiger partial charge in [0.1, 0.15) is 5.60 Å². The third-order valence-corrected chi connectivity index (χ3v) is 8.38. The van der Waals surface area contributed by atoms with Crippen molar-refractivity contribution >= 4 is 5.91 Å². The number of carbonyl (C=O) groups excluding carboxylic acids is 1. The summed E-state index contributed by atoms with van der Waals surface area (Å²) >= 11 is 0. The van der Waals surface area contributed by atoms with Gasteiger partial charge in [0.05, 0.1) is 36.9 Å². The summed E-state index contributed by atoms with van der Waals surface area (Å²) in [6.07, 6.45) is 11.4. The van der Waals surface area contributed by atoms with Crippen molar-refractivity contribution in [3.63, 3.8) is 0 Å². The number of hydrogen-bond donors (Lipinski definition) is 0. The Morgan fingerprint density at radius 1 is 1.10 bits per heavy atom. The van der Waals surface area contributed by atoms with E-state index in [-0.39, 0.29) is 17.1 Å². The predicted molar refractivity (Wildman–Crippen MR) is 108 cm³/mol. The Kier molecular flexibility index (Phi) is 4.28. The first-order valence-electron chi connectivity index (χ1n) is 11.6. The molecule has 4 bridgehead atoms. The minimum Gasteiger partial charge on any atom is -0.372 e. The largest absolute Gasteiger partial charge is 0.372 e. The Morgan fingerprint density at radius 2 is 1.83 bits per heavy atom. The summed E-state index contributed by atoms with van der Waals surface area (Å²) in [5.74, 6) is 2.89. The van der Waals surface area contributed by atoms with Gasteiger partial charge < -0.3 is 14.4 Å². The molecule has 1 spiro atoms. The quantitative estimate of drug-likeness (QED) is 0.781. The molecule has 1 aromatic heterocycles. The van der Waals surface area contributed by atoms with Gasteiger partial charge in [-0.05, 0) is 74.8 Å². The van der Waals surface area contributed by atoms with Gasteiger partial charge in [0.2, 0.25) is 5.91 Å². The molecule has 4 aliphatic carbocycles. The van der Waals surface area contributed by atoms with Crippen molar-refractivity contribution in [2.45, 2.75) is 69.7 Å². The van der Waals surface area contributed by atoms with E-state index in [1.165, 1.54) is 19.3 Å². The molecule has 7 rings (SSSR count). The van der Waals surface area contributed by atoms with Crippen LogP contribution in [0, 0.1) is 23.2 Å². The van der Waals surface area contributed by atoms with E-state index >= 15 is 0 Å². The van der Waals surface area contributed by atoms with E-state index < -0.39 is 0 Å². The zero-order chi connectivity index (χ0) is 19.5. The van der Waals surface area contributed by atoms with E-state index in [0.29, 0.717) is 12.5 Å². The third-order valence-electron chi connectivity index (χ3n) is 8.38. The zero-order valence-corrected chi connectivity index (χ0v) is 17.2. The van der Waals surface area contributed by atoms with Crippen LogP contribution in [0.2, 0.25) is 0 Å². The standard InChI is InChI=1S/C24H32N2O3/c27-22(23-10-17-7-18(11-23)9-19(8-17)12-23)26-15-24(16-26)13-21(4-6-29-24)28-14-20-3-1-2-5-25-20/h1-3,5,17-19,21H,4,6-16H2/t17?,18?,19?,21-,23?/m1/s1. The lowest BCUT2D eigenvalue weighted by Gasteiger charge is -2.60. The van der Waals surface area contributed by atoms with E-state index in [0.717, 1.165) is 75.2 Å². The van der Waals surface area contributed by atoms with Gasteiger partial charge in [-0.1, -0.05) is 6.07 Å². The predicted octanol–water partition coefficient (Wildman–Crippen LogP) is 3.57. The maximum atomic E-state index is 13.5. The van der Waals surface area contributed by atoms with Crippen LogP contribution in [0.5, 0.6) is 0 Å². The number of likely N-dealkylation sites (tertiary alicyclic amines) is 1. The lowest BCUT2D eigenvalue weighted by molar-refractivity contribution is -0.212. The normalized spacial score (nSPS) is 39.5. The molecule has 0 radical (unpaired) electrons. The highest BCUT2D eigenvalue weighted by molar-refractivity contribution is 5.84. The van der Waals surface area contributed by atoms with Crippen molar-refractivity contribution in [1.82, 2.24) is 9.88 Å². The Bertz CT molecular complexity index is 738. The maximum Gasteiger partial charge on any atom is 0.229 e. The van der Waals surface area contributed by atoms with Gasteiger partial charge in [0.15, 0.2) is 0 Å². The summed E-state index contributed by atoms with van der Waals surface area (Å²) in [5, 5.41) is 0. The average molecular weight is 397 g/mol. The molecule has 2 aliphatic heterocycles. The number of aromatic nitrogens is 1. The minimum absolute atomic E-state index is 0.0279. The van der Waals surface area contributed by atoms with E-state index in [4.69, 9.17) is 9.47 Å². The fourth-order valence-corrected chi connectivity index (χ4v) is 7.53. The highest BCUT2D eigenvalue weighted by atomic mass is 16.5. The maximum absolute atomic E-state index is 13.5. The topological polar surface area (TPSA) is 51.7 Å². The summed E-state index contributed by atoms with van der Waals surface area (Å²) < 4.78 is 12.3. The SMILES string of the molecule is O=C(N1CC2(C[C@H](OCc3ccccn3)CCO2)C1)C12CC3CC(CC(C3)C1)C2. The molecule has 0 unspecified atom stereocenters. The molecule has 0 aromatic carbocycles. The monoisotopic (exact) mass is 396 g/mol. The average Bonchev–Trinajstić information content (AvgIpc) is 2.70. The highest BCUT2D eigenvalue weighted by Crippen LogP contribution is 2.61. The summed E-state index contributed by atoms with van der Waals surface area (Å²) in [4.78, 5) is 20.0. The Labute approximate surface area is 173 Å². The van der Waals surface area contributed by atoms with Gasteiger partial charge in [0.25, 0.3) is 0 Å². The minimum atomic E-state index is -0.176. The smallest absolute Gasteiger partial charge is 0.229 e. The molecule has 29 heavy (non-hydrogen) atoms. The van der Waals surface area contributed by atoms with Crippen LogP contribution >= 0.6 is 0 Å². The molecule has 3 heterocycles. The summed E-state index contributed by atoms with van der Waals surface area (Å²) in [6, 6.07) is 5.93. The van der Waals surface area contributed by atoms with Gasteiger partial charge >= 0.3 is 0 Å². The van der Waals surface area contributed by atoms with Crippen molar-refractivity contribution in [3.05, 3.63) is 30.1 Å². The van der Waals surface area contributed by atoms with Crippen LogP contribution in [0.4, 0.5) is 0 Å². The Balaban J connectivity index is 1.07. The van der Waals surface area contributed by atoms with Crippen LogP contribution in [0.1, 0.15) is 57.1 Å². The van der Waals surface area contributed by atoms with Crippen LogP contribution in [0.25, 0.3) is 0 Å². The lowest BCUT2D eigenvalue weighted by atomic mass is 9.49. The first-order chi connectivity index (χ1) is 14.1. The zero-order valence-electron chi connectivity index (χ0n) is 17.2. The van der Waals surface area contributed by atoms with Crippen LogP contribution < -0.4 is 0 Å². The van der Waals surface area contributed by atoms with Crippen molar-refractivity contribution in [2.75, 3.05) is 19.7 Å². The van der Waals surface area contributed by atoms with Gasteiger partial charge in [-0.3, -0.25) is 9.78 Å². The number of amides is 1. The van der Waals surface area contributed by atoms with Crippen molar-refractivity contribution in [2.24, 2.45) is 23.2 Å². The Morgan fingerprint density at radius 3 is 2.48 bits per heavy atom. The van der Waals surface area contributed by atoms with E-state index in [2.05, 4.69) is 9.88 Å². The van der Waals surface area contributed by atoms with Crippen LogP contribution in [-0.2, 0) is 20.9 Å². The number of pyridine rings is 1. The molecular formula is C24H32N2O3. The molecule has 6 fully saturated rings. The van der Waals surface area contributed by atoms with E-state index in [1.807, 2.05) is 24.4 Å². The van der Waals surface area contributed by atoms with Gasteiger partial charge in [-0.2, -0.15) is 0 Å². The molecule has 2 saturated heterocycles. The van der Waals surface area contributed by atoms with E-state index in [9.17, 15) is 4.79 Å². The Hall–Kier alpha value is -1.46. The second-order valence-corrected chi connectivity index (χ2v) is 10.6. The first-order valence-corrected chi connectivity index (χ1v) is 11.6. The molecule has 5 heteroatoms. The molecule has 4 saturated carbocycles. The van der Waals surface area contributed by atoms with Crippen LogP contribution in [0.15, 0.2) is 24.4 Å². The van der Waals surface area contributed by atoms with Crippen LogP contribution in [0.3, 0.4) is 0 Å². The number of rotatable bonds is 4. The van der Waals surface area contributed by atoms with Gasteiger partial charge in [0, 0.05) is 19.2 Å². The molecule has 1 aromatic rings. The number of nitrogens with zero attached hydrogens (tertiary/aromatic N) is 2. The molecule has 5 nitrogen and oxygen atoms in total. The van der Waals surface area contributed by atoms with Gasteiger partial charge in [-0.25, -0.2) is 0 Å². The summed E-state index contributed by atoms with van der Waals surface area (Å²) in [7, 11) is 0. The molecule has 0 N–H and O–H groups in total. The summed E-state index contributed by atoms with van der Waals surface area (Å²) in [5.41, 5.74) is 0.769. The van der Waals surface area contributed by atoms with Crippen LogP contribution in [-0.4, -0.2) is 47.2 Å². The molecule has 6 aliphatic rings.